The molecule has 0 heterocycles. The second-order valence-corrected chi connectivity index (χ2v) is 5.46. The van der Waals surface area contributed by atoms with Gasteiger partial charge in [-0.15, -0.1) is 0 Å². The molecule has 0 aromatic heterocycles. The summed E-state index contributed by atoms with van der Waals surface area (Å²) in [5, 5.41) is 2.71. The number of amides is 1. The van der Waals surface area contributed by atoms with Crippen LogP contribution < -0.4 is 15.8 Å². The van der Waals surface area contributed by atoms with Crippen LogP contribution in [0.25, 0.3) is 0 Å². The van der Waals surface area contributed by atoms with Crippen molar-refractivity contribution in [2.45, 2.75) is 26.5 Å². The Morgan fingerprint density at radius 2 is 2.00 bits per heavy atom. The quantitative estimate of drug-likeness (QED) is 0.826. The zero-order valence-electron chi connectivity index (χ0n) is 10.3. The Hall–Kier alpha value is -0.590. The van der Waals surface area contributed by atoms with Crippen LogP contribution in [-0.2, 0) is 11.3 Å². The zero-order valence-corrected chi connectivity index (χ0v) is 13.5. The van der Waals surface area contributed by atoms with E-state index in [1.165, 1.54) is 0 Å². The Kier molecular flexibility index (Phi) is 6.11. The topological polar surface area (TPSA) is 64.3 Å². The molecule has 0 fully saturated rings. The summed E-state index contributed by atoms with van der Waals surface area (Å²) < 4.78 is 7.19. The van der Waals surface area contributed by atoms with Crippen molar-refractivity contribution in [3.63, 3.8) is 0 Å². The molecule has 100 valence electrons. The van der Waals surface area contributed by atoms with Crippen LogP contribution >= 0.6 is 31.9 Å². The Bertz CT molecular complexity index is 415. The molecule has 1 aromatic carbocycles. The number of likely N-dealkylation sites (N-methyl/N-ethyl adjacent to an activating group) is 1. The number of halogens is 2. The molecule has 1 unspecified atom stereocenters. The van der Waals surface area contributed by atoms with Crippen molar-refractivity contribution in [2.75, 3.05) is 6.54 Å². The number of nitrogens with two attached hydrogens (primary N) is 1. The molecule has 0 radical (unpaired) electrons. The van der Waals surface area contributed by atoms with Crippen molar-refractivity contribution in [2.24, 2.45) is 5.73 Å². The summed E-state index contributed by atoms with van der Waals surface area (Å²) in [6, 6.07) is 3.76. The van der Waals surface area contributed by atoms with E-state index in [1.54, 1.807) is 6.92 Å². The number of carbonyl (C=O) groups is 1. The van der Waals surface area contributed by atoms with E-state index >= 15 is 0 Å². The molecule has 1 aromatic rings. The monoisotopic (exact) mass is 378 g/mol. The Balaban J connectivity index is 2.88. The highest BCUT2D eigenvalue weighted by Gasteiger charge is 2.17. The van der Waals surface area contributed by atoms with E-state index in [2.05, 4.69) is 37.2 Å². The van der Waals surface area contributed by atoms with Crippen LogP contribution in [0, 0.1) is 0 Å². The van der Waals surface area contributed by atoms with Gasteiger partial charge in [0, 0.05) is 13.1 Å². The highest BCUT2D eigenvalue weighted by Crippen LogP contribution is 2.35. The summed E-state index contributed by atoms with van der Waals surface area (Å²) in [6.45, 7) is 4.61. The average Bonchev–Trinajstić information content (AvgIpc) is 2.33. The van der Waals surface area contributed by atoms with Crippen LogP contribution in [0.1, 0.15) is 19.4 Å². The standard InChI is InChI=1S/C12H16Br2N2O2/c1-3-16-12(17)7(2)18-11-9(13)4-8(6-15)5-10(11)14/h4-5,7H,3,6,15H2,1-2H3,(H,16,17). The minimum atomic E-state index is -0.554. The first-order valence-electron chi connectivity index (χ1n) is 5.62. The highest BCUT2D eigenvalue weighted by molar-refractivity contribution is 9.11. The molecule has 0 spiro atoms. The van der Waals surface area contributed by atoms with Crippen LogP contribution in [0.15, 0.2) is 21.1 Å². The number of nitrogens with one attached hydrogen (secondary N) is 1. The minimum absolute atomic E-state index is 0.140. The average molecular weight is 380 g/mol. The first-order valence-corrected chi connectivity index (χ1v) is 7.20. The summed E-state index contributed by atoms with van der Waals surface area (Å²) in [6.07, 6.45) is -0.554. The van der Waals surface area contributed by atoms with Gasteiger partial charge in [0.15, 0.2) is 6.10 Å². The molecule has 18 heavy (non-hydrogen) atoms. The molecular weight excluding hydrogens is 364 g/mol. The van der Waals surface area contributed by atoms with Gasteiger partial charge in [-0.1, -0.05) is 0 Å². The molecule has 0 bridgehead atoms. The third kappa shape index (κ3) is 3.96. The lowest BCUT2D eigenvalue weighted by atomic mass is 10.2. The summed E-state index contributed by atoms with van der Waals surface area (Å²) in [5.74, 6) is 0.463. The fourth-order valence-electron chi connectivity index (χ4n) is 1.39. The smallest absolute Gasteiger partial charge is 0.260 e. The SMILES string of the molecule is CCNC(=O)C(C)Oc1c(Br)cc(CN)cc1Br. The highest BCUT2D eigenvalue weighted by atomic mass is 79.9. The van der Waals surface area contributed by atoms with E-state index in [9.17, 15) is 4.79 Å². The zero-order chi connectivity index (χ0) is 13.7. The lowest BCUT2D eigenvalue weighted by Crippen LogP contribution is -2.36. The van der Waals surface area contributed by atoms with Crippen molar-refractivity contribution in [3.05, 3.63) is 26.6 Å². The summed E-state index contributed by atoms with van der Waals surface area (Å²) in [5.41, 5.74) is 6.56. The molecule has 3 N–H and O–H groups in total. The number of hydrogen-bond donors (Lipinski definition) is 2. The van der Waals surface area contributed by atoms with Gasteiger partial charge in [0.05, 0.1) is 8.95 Å². The molecule has 1 atom stereocenters. The number of ether oxygens (including phenoxy) is 1. The predicted octanol–water partition coefficient (Wildman–Crippen LogP) is 2.57. The van der Waals surface area contributed by atoms with E-state index in [0.29, 0.717) is 18.8 Å². The van der Waals surface area contributed by atoms with Gasteiger partial charge in [0.1, 0.15) is 5.75 Å². The maximum Gasteiger partial charge on any atom is 0.260 e. The van der Waals surface area contributed by atoms with Gasteiger partial charge < -0.3 is 15.8 Å². The van der Waals surface area contributed by atoms with Crippen LogP contribution in [0.2, 0.25) is 0 Å². The second-order valence-electron chi connectivity index (χ2n) is 3.75. The number of rotatable bonds is 5. The van der Waals surface area contributed by atoms with Gasteiger partial charge in [0.2, 0.25) is 0 Å². The molecule has 0 saturated heterocycles. The summed E-state index contributed by atoms with van der Waals surface area (Å²) >= 11 is 6.83. The van der Waals surface area contributed by atoms with Crippen LogP contribution in [0.5, 0.6) is 5.75 Å². The van der Waals surface area contributed by atoms with E-state index in [1.807, 2.05) is 19.1 Å². The third-order valence-corrected chi connectivity index (χ3v) is 3.49. The van der Waals surface area contributed by atoms with Crippen molar-refractivity contribution in [1.29, 1.82) is 0 Å². The van der Waals surface area contributed by atoms with E-state index in [0.717, 1.165) is 14.5 Å². The van der Waals surface area contributed by atoms with Gasteiger partial charge in [-0.05, 0) is 63.4 Å². The van der Waals surface area contributed by atoms with Crippen LogP contribution in [0.3, 0.4) is 0 Å². The molecule has 0 saturated carbocycles. The lowest BCUT2D eigenvalue weighted by Gasteiger charge is -2.17. The minimum Gasteiger partial charge on any atom is -0.479 e. The largest absolute Gasteiger partial charge is 0.479 e. The van der Waals surface area contributed by atoms with Crippen LogP contribution in [0.4, 0.5) is 0 Å². The number of hydrogen-bond acceptors (Lipinski definition) is 3. The van der Waals surface area contributed by atoms with Gasteiger partial charge in [-0.2, -0.15) is 0 Å². The van der Waals surface area contributed by atoms with Gasteiger partial charge in [-0.3, -0.25) is 4.79 Å². The fourth-order valence-corrected chi connectivity index (χ4v) is 2.86. The Morgan fingerprint density at radius 1 is 1.44 bits per heavy atom. The van der Waals surface area contributed by atoms with E-state index < -0.39 is 6.10 Å². The summed E-state index contributed by atoms with van der Waals surface area (Å²) in [7, 11) is 0. The molecule has 0 aliphatic rings. The van der Waals surface area contributed by atoms with Gasteiger partial charge in [0.25, 0.3) is 5.91 Å². The lowest BCUT2D eigenvalue weighted by molar-refractivity contribution is -0.127. The van der Waals surface area contributed by atoms with E-state index in [-0.39, 0.29) is 5.91 Å². The first kappa shape index (κ1) is 15.5. The molecule has 4 nitrogen and oxygen atoms in total. The first-order chi connectivity index (χ1) is 8.49. The molecule has 0 aliphatic carbocycles. The van der Waals surface area contributed by atoms with Crippen molar-refractivity contribution in [3.8, 4) is 5.75 Å². The van der Waals surface area contributed by atoms with Gasteiger partial charge >= 0.3 is 0 Å². The fraction of sp³-hybridized carbons (Fsp3) is 0.417. The number of benzene rings is 1. The van der Waals surface area contributed by atoms with Crippen molar-refractivity contribution in [1.82, 2.24) is 5.32 Å². The maximum absolute atomic E-state index is 11.6. The summed E-state index contributed by atoms with van der Waals surface area (Å²) in [4.78, 5) is 11.6. The van der Waals surface area contributed by atoms with Crippen LogP contribution in [-0.4, -0.2) is 18.6 Å². The Morgan fingerprint density at radius 3 is 2.44 bits per heavy atom. The van der Waals surface area contributed by atoms with Crippen molar-refractivity contribution >= 4 is 37.8 Å². The predicted molar refractivity (Wildman–Crippen MR) is 78.5 cm³/mol. The molecule has 1 amide bonds. The Labute approximate surface area is 124 Å². The maximum atomic E-state index is 11.6. The van der Waals surface area contributed by atoms with Crippen molar-refractivity contribution < 1.29 is 9.53 Å². The van der Waals surface area contributed by atoms with Gasteiger partial charge in [-0.25, -0.2) is 0 Å². The number of carbonyl (C=O) groups excluding carboxylic acids is 1. The molecule has 0 aliphatic heterocycles. The third-order valence-electron chi connectivity index (χ3n) is 2.31. The molecular formula is C12H16Br2N2O2. The van der Waals surface area contributed by atoms with E-state index in [4.69, 9.17) is 10.5 Å². The molecule has 1 rings (SSSR count). The molecule has 6 heteroatoms. The second kappa shape index (κ2) is 7.11. The normalized spacial score (nSPS) is 12.1.